The summed E-state index contributed by atoms with van der Waals surface area (Å²) in [7, 11) is 0. The van der Waals surface area contributed by atoms with Gasteiger partial charge in [-0.2, -0.15) is 0 Å². The molecule has 0 aliphatic carbocycles. The maximum Gasteiger partial charge on any atom is 0.255 e. The van der Waals surface area contributed by atoms with Crippen LogP contribution in [0.4, 0.5) is 15.8 Å². The lowest BCUT2D eigenvalue weighted by molar-refractivity contribution is -0.116. The van der Waals surface area contributed by atoms with E-state index in [1.54, 1.807) is 12.1 Å². The van der Waals surface area contributed by atoms with Gasteiger partial charge in [-0.15, -0.1) is 0 Å². The molecular formula is C16H13FN2O2. The Balaban J connectivity index is 1.77. The molecular weight excluding hydrogens is 271 g/mol. The number of amides is 2. The van der Waals surface area contributed by atoms with Crippen molar-refractivity contribution in [3.8, 4) is 0 Å². The molecule has 0 saturated carbocycles. The zero-order valence-electron chi connectivity index (χ0n) is 11.2. The first-order valence-corrected chi connectivity index (χ1v) is 6.61. The van der Waals surface area contributed by atoms with E-state index in [1.807, 2.05) is 6.07 Å². The van der Waals surface area contributed by atoms with E-state index >= 15 is 0 Å². The van der Waals surface area contributed by atoms with Gasteiger partial charge in [0.1, 0.15) is 5.82 Å². The normalized spacial score (nSPS) is 13.3. The zero-order valence-corrected chi connectivity index (χ0v) is 11.2. The van der Waals surface area contributed by atoms with Crippen molar-refractivity contribution in [1.29, 1.82) is 0 Å². The van der Waals surface area contributed by atoms with E-state index in [2.05, 4.69) is 10.6 Å². The molecule has 5 heteroatoms. The Bertz CT molecular complexity index is 711. The number of benzene rings is 2. The summed E-state index contributed by atoms with van der Waals surface area (Å²) in [4.78, 5) is 23.3. The molecule has 0 fully saturated rings. The van der Waals surface area contributed by atoms with Gasteiger partial charge in [-0.25, -0.2) is 4.39 Å². The van der Waals surface area contributed by atoms with Crippen LogP contribution < -0.4 is 10.6 Å². The third-order valence-corrected chi connectivity index (χ3v) is 3.37. The van der Waals surface area contributed by atoms with Crippen molar-refractivity contribution in [2.45, 2.75) is 12.8 Å². The standard InChI is InChI=1S/C16H13FN2O2/c17-12-4-1-10(2-5-12)16(21)18-13-6-7-14-11(9-13)3-8-15(20)19-14/h1-2,4-7,9H,3,8H2,(H,18,21)(H,19,20). The molecule has 21 heavy (non-hydrogen) atoms. The maximum absolute atomic E-state index is 12.8. The van der Waals surface area contributed by atoms with Crippen LogP contribution in [-0.2, 0) is 11.2 Å². The van der Waals surface area contributed by atoms with Gasteiger partial charge in [-0.05, 0) is 54.4 Å². The first-order valence-electron chi connectivity index (χ1n) is 6.61. The number of carbonyl (C=O) groups is 2. The van der Waals surface area contributed by atoms with Crippen LogP contribution >= 0.6 is 0 Å². The van der Waals surface area contributed by atoms with E-state index in [-0.39, 0.29) is 17.6 Å². The topological polar surface area (TPSA) is 58.2 Å². The summed E-state index contributed by atoms with van der Waals surface area (Å²) in [5.74, 6) is -0.670. The summed E-state index contributed by atoms with van der Waals surface area (Å²) < 4.78 is 12.8. The highest BCUT2D eigenvalue weighted by molar-refractivity contribution is 6.04. The second-order valence-electron chi connectivity index (χ2n) is 4.88. The third kappa shape index (κ3) is 2.91. The highest BCUT2D eigenvalue weighted by atomic mass is 19.1. The van der Waals surface area contributed by atoms with Gasteiger partial charge in [0, 0.05) is 23.4 Å². The van der Waals surface area contributed by atoms with E-state index in [4.69, 9.17) is 0 Å². The second kappa shape index (κ2) is 5.36. The average molecular weight is 284 g/mol. The van der Waals surface area contributed by atoms with Gasteiger partial charge in [0.2, 0.25) is 5.91 Å². The summed E-state index contributed by atoms with van der Waals surface area (Å²) in [5, 5.41) is 5.55. The molecule has 1 aliphatic heterocycles. The minimum Gasteiger partial charge on any atom is -0.326 e. The van der Waals surface area contributed by atoms with Crippen LogP contribution in [0.1, 0.15) is 22.3 Å². The molecule has 2 N–H and O–H groups in total. The van der Waals surface area contributed by atoms with E-state index in [0.717, 1.165) is 11.3 Å². The predicted octanol–water partition coefficient (Wildman–Crippen LogP) is 2.96. The SMILES string of the molecule is O=C1CCc2cc(NC(=O)c3ccc(F)cc3)ccc2N1. The van der Waals surface area contributed by atoms with Gasteiger partial charge in [0.15, 0.2) is 0 Å². The lowest BCUT2D eigenvalue weighted by atomic mass is 10.0. The molecule has 2 amide bonds. The van der Waals surface area contributed by atoms with Crippen LogP contribution in [0.2, 0.25) is 0 Å². The fraction of sp³-hybridized carbons (Fsp3) is 0.125. The number of hydrogen-bond donors (Lipinski definition) is 2. The van der Waals surface area contributed by atoms with Gasteiger partial charge in [-0.1, -0.05) is 0 Å². The van der Waals surface area contributed by atoms with Gasteiger partial charge >= 0.3 is 0 Å². The highest BCUT2D eigenvalue weighted by Gasteiger charge is 2.15. The summed E-state index contributed by atoms with van der Waals surface area (Å²) in [5.41, 5.74) is 2.82. The zero-order chi connectivity index (χ0) is 14.8. The Hall–Kier alpha value is -2.69. The molecule has 4 nitrogen and oxygen atoms in total. The first kappa shape index (κ1) is 13.3. The predicted molar refractivity (Wildman–Crippen MR) is 77.7 cm³/mol. The van der Waals surface area contributed by atoms with Gasteiger partial charge in [0.25, 0.3) is 5.91 Å². The molecule has 106 valence electrons. The van der Waals surface area contributed by atoms with Crippen LogP contribution in [0.25, 0.3) is 0 Å². The molecule has 0 radical (unpaired) electrons. The molecule has 3 rings (SSSR count). The number of carbonyl (C=O) groups excluding carboxylic acids is 2. The average Bonchev–Trinajstić information content (AvgIpc) is 2.48. The van der Waals surface area contributed by atoms with Crippen molar-refractivity contribution in [2.24, 2.45) is 0 Å². The molecule has 0 bridgehead atoms. The smallest absolute Gasteiger partial charge is 0.255 e. The molecule has 0 unspecified atom stereocenters. The van der Waals surface area contributed by atoms with Crippen molar-refractivity contribution in [1.82, 2.24) is 0 Å². The van der Waals surface area contributed by atoms with Crippen molar-refractivity contribution >= 4 is 23.2 Å². The Kier molecular flexibility index (Phi) is 3.39. The number of halogens is 1. The molecule has 1 aliphatic rings. The van der Waals surface area contributed by atoms with Crippen LogP contribution in [0.15, 0.2) is 42.5 Å². The van der Waals surface area contributed by atoms with Crippen LogP contribution in [0.5, 0.6) is 0 Å². The second-order valence-corrected chi connectivity index (χ2v) is 4.88. The molecule has 2 aromatic rings. The van der Waals surface area contributed by atoms with Crippen LogP contribution in [0.3, 0.4) is 0 Å². The van der Waals surface area contributed by atoms with E-state index < -0.39 is 0 Å². The van der Waals surface area contributed by atoms with Crippen molar-refractivity contribution < 1.29 is 14.0 Å². The quantitative estimate of drug-likeness (QED) is 0.890. The minimum absolute atomic E-state index is 0.00518. The third-order valence-electron chi connectivity index (χ3n) is 3.37. The molecule has 2 aromatic carbocycles. The monoisotopic (exact) mass is 284 g/mol. The van der Waals surface area contributed by atoms with Gasteiger partial charge < -0.3 is 10.6 Å². The molecule has 0 saturated heterocycles. The van der Waals surface area contributed by atoms with Gasteiger partial charge in [-0.3, -0.25) is 9.59 Å². The number of rotatable bonds is 2. The summed E-state index contributed by atoms with van der Waals surface area (Å²) >= 11 is 0. The van der Waals surface area contributed by atoms with E-state index in [0.29, 0.717) is 24.1 Å². The Morgan fingerprint density at radius 1 is 1.10 bits per heavy atom. The fourth-order valence-electron chi connectivity index (χ4n) is 2.27. The Morgan fingerprint density at radius 3 is 2.62 bits per heavy atom. The first-order chi connectivity index (χ1) is 10.1. The number of hydrogen-bond acceptors (Lipinski definition) is 2. The van der Waals surface area contributed by atoms with Crippen molar-refractivity contribution in [3.63, 3.8) is 0 Å². The summed E-state index contributed by atoms with van der Waals surface area (Å²) in [6.45, 7) is 0. The largest absolute Gasteiger partial charge is 0.326 e. The number of fused-ring (bicyclic) bond motifs is 1. The minimum atomic E-state index is -0.379. The highest BCUT2D eigenvalue weighted by Crippen LogP contribution is 2.25. The lowest BCUT2D eigenvalue weighted by Gasteiger charge is -2.17. The lowest BCUT2D eigenvalue weighted by Crippen LogP contribution is -2.19. The fourth-order valence-corrected chi connectivity index (χ4v) is 2.27. The molecule has 0 aromatic heterocycles. The molecule has 0 atom stereocenters. The number of nitrogens with one attached hydrogen (secondary N) is 2. The summed E-state index contributed by atoms with van der Waals surface area (Å²) in [6.07, 6.45) is 1.10. The summed E-state index contributed by atoms with van der Waals surface area (Å²) in [6, 6.07) is 10.7. The van der Waals surface area contributed by atoms with Crippen LogP contribution in [-0.4, -0.2) is 11.8 Å². The maximum atomic E-state index is 12.8. The number of anilines is 2. The van der Waals surface area contributed by atoms with Gasteiger partial charge in [0.05, 0.1) is 0 Å². The van der Waals surface area contributed by atoms with Crippen molar-refractivity contribution in [3.05, 3.63) is 59.4 Å². The number of aryl methyl sites for hydroxylation is 1. The Labute approximate surface area is 121 Å². The molecule has 1 heterocycles. The van der Waals surface area contributed by atoms with E-state index in [1.165, 1.54) is 24.3 Å². The van der Waals surface area contributed by atoms with Crippen LogP contribution in [0, 0.1) is 5.82 Å². The Morgan fingerprint density at radius 2 is 1.86 bits per heavy atom. The van der Waals surface area contributed by atoms with E-state index in [9.17, 15) is 14.0 Å². The van der Waals surface area contributed by atoms with Crippen molar-refractivity contribution in [2.75, 3.05) is 10.6 Å². The molecule has 0 spiro atoms.